The lowest BCUT2D eigenvalue weighted by Crippen LogP contribution is -1.98. The van der Waals surface area contributed by atoms with Gasteiger partial charge >= 0.3 is 0 Å². The molecule has 1 nitrogen and oxygen atoms in total. The number of aliphatic imine (C=N–C) groups is 1. The van der Waals surface area contributed by atoms with Crippen molar-refractivity contribution in [3.8, 4) is 0 Å². The highest BCUT2D eigenvalue weighted by atomic mass is 32.1. The molecule has 0 saturated heterocycles. The lowest BCUT2D eigenvalue weighted by molar-refractivity contribution is 0.878. The van der Waals surface area contributed by atoms with Crippen LogP contribution in [-0.4, -0.2) is 6.21 Å². The van der Waals surface area contributed by atoms with E-state index < -0.39 is 0 Å². The summed E-state index contributed by atoms with van der Waals surface area (Å²) in [4.78, 5) is 4.94. The van der Waals surface area contributed by atoms with E-state index in [9.17, 15) is 0 Å². The Morgan fingerprint density at radius 3 is 1.96 bits per heavy atom. The maximum absolute atomic E-state index is 4.94. The number of rotatable bonds is 4. The van der Waals surface area contributed by atoms with E-state index in [0.717, 1.165) is 0 Å². The third-order valence-corrected chi connectivity index (χ3v) is 5.09. The molecule has 4 aromatic rings. The normalized spacial score (nSPS) is 11.5. The van der Waals surface area contributed by atoms with Crippen LogP contribution in [0.3, 0.4) is 0 Å². The van der Waals surface area contributed by atoms with Crippen LogP contribution in [0.5, 0.6) is 0 Å². The number of benzene rings is 3. The Hall–Kier alpha value is -2.71. The Bertz CT molecular complexity index is 915. The number of nitrogens with zero attached hydrogens (tertiary/aromatic N) is 1. The van der Waals surface area contributed by atoms with Crippen LogP contribution in [0.2, 0.25) is 0 Å². The molecule has 1 aromatic heterocycles. The van der Waals surface area contributed by atoms with Gasteiger partial charge in [0, 0.05) is 27.2 Å². The van der Waals surface area contributed by atoms with E-state index in [4.69, 9.17) is 4.99 Å². The van der Waals surface area contributed by atoms with Crippen molar-refractivity contribution in [3.63, 3.8) is 0 Å². The average Bonchev–Trinajstić information content (AvgIpc) is 3.07. The molecule has 0 radical (unpaired) electrons. The molecule has 0 saturated carbocycles. The fourth-order valence-electron chi connectivity index (χ4n) is 2.89. The molecule has 0 unspecified atom stereocenters. The lowest BCUT2D eigenvalue weighted by atomic mass is 9.99. The van der Waals surface area contributed by atoms with Gasteiger partial charge in [-0.1, -0.05) is 78.9 Å². The van der Waals surface area contributed by atoms with E-state index in [1.165, 1.54) is 26.8 Å². The van der Waals surface area contributed by atoms with Crippen LogP contribution in [0.4, 0.5) is 0 Å². The summed E-state index contributed by atoms with van der Waals surface area (Å²) in [6, 6.07) is 29.4. The zero-order valence-electron chi connectivity index (χ0n) is 13.2. The second-order valence-electron chi connectivity index (χ2n) is 5.69. The van der Waals surface area contributed by atoms with Crippen LogP contribution in [0.1, 0.15) is 22.7 Å². The molecular formula is C22H17NS. The van der Waals surface area contributed by atoms with Crippen molar-refractivity contribution in [1.82, 2.24) is 0 Å². The maximum Gasteiger partial charge on any atom is 0.0999 e. The summed E-state index contributed by atoms with van der Waals surface area (Å²) in [7, 11) is 0. The molecule has 3 aromatic carbocycles. The minimum atomic E-state index is 0.0195. The Kier molecular flexibility index (Phi) is 4.22. The van der Waals surface area contributed by atoms with Crippen LogP contribution in [0, 0.1) is 0 Å². The van der Waals surface area contributed by atoms with Crippen molar-refractivity contribution in [2.24, 2.45) is 4.99 Å². The first kappa shape index (κ1) is 14.9. The van der Waals surface area contributed by atoms with Gasteiger partial charge in [-0.15, -0.1) is 11.3 Å². The topological polar surface area (TPSA) is 12.4 Å². The Morgan fingerprint density at radius 2 is 1.29 bits per heavy atom. The van der Waals surface area contributed by atoms with E-state index in [-0.39, 0.29) is 6.04 Å². The first-order valence-electron chi connectivity index (χ1n) is 8.01. The molecule has 24 heavy (non-hydrogen) atoms. The predicted octanol–water partition coefficient (Wildman–Crippen LogP) is 6.11. The molecule has 0 bridgehead atoms. The molecule has 0 N–H and O–H groups in total. The summed E-state index contributed by atoms with van der Waals surface area (Å²) >= 11 is 1.77. The number of fused-ring (bicyclic) bond motifs is 1. The van der Waals surface area contributed by atoms with Crippen molar-refractivity contribution in [3.05, 3.63) is 107 Å². The third-order valence-electron chi connectivity index (χ3n) is 4.10. The molecule has 1 heterocycles. The largest absolute Gasteiger partial charge is 0.280 e. The van der Waals surface area contributed by atoms with E-state index in [1.807, 2.05) is 18.3 Å². The monoisotopic (exact) mass is 327 g/mol. The molecule has 4 rings (SSSR count). The number of thiophene rings is 1. The van der Waals surface area contributed by atoms with Crippen molar-refractivity contribution in [1.29, 1.82) is 0 Å². The minimum Gasteiger partial charge on any atom is -0.280 e. The fraction of sp³-hybridized carbons (Fsp3) is 0.0455. The second kappa shape index (κ2) is 6.81. The summed E-state index contributed by atoms with van der Waals surface area (Å²) in [5.74, 6) is 0. The zero-order chi connectivity index (χ0) is 16.2. The van der Waals surface area contributed by atoms with Crippen molar-refractivity contribution in [2.75, 3.05) is 0 Å². The molecule has 0 spiro atoms. The minimum absolute atomic E-state index is 0.0195. The van der Waals surface area contributed by atoms with Gasteiger partial charge < -0.3 is 0 Å². The van der Waals surface area contributed by atoms with Crippen LogP contribution in [-0.2, 0) is 0 Å². The van der Waals surface area contributed by atoms with E-state index >= 15 is 0 Å². The van der Waals surface area contributed by atoms with E-state index in [2.05, 4.69) is 78.2 Å². The van der Waals surface area contributed by atoms with Crippen LogP contribution in [0.15, 0.2) is 95.3 Å². The molecule has 0 aliphatic carbocycles. The summed E-state index contributed by atoms with van der Waals surface area (Å²) in [5.41, 5.74) is 3.60. The maximum atomic E-state index is 4.94. The van der Waals surface area contributed by atoms with Gasteiger partial charge in [-0.05, 0) is 17.2 Å². The fourth-order valence-corrected chi connectivity index (χ4v) is 3.80. The van der Waals surface area contributed by atoms with E-state index in [1.54, 1.807) is 11.3 Å². The van der Waals surface area contributed by atoms with Crippen LogP contribution < -0.4 is 0 Å². The highest BCUT2D eigenvalue weighted by Crippen LogP contribution is 2.28. The summed E-state index contributed by atoms with van der Waals surface area (Å²) in [6.45, 7) is 0. The van der Waals surface area contributed by atoms with Gasteiger partial charge in [0.05, 0.1) is 6.04 Å². The van der Waals surface area contributed by atoms with Crippen LogP contribution >= 0.6 is 11.3 Å². The molecular weight excluding hydrogens is 310 g/mol. The molecule has 0 aliphatic heterocycles. The van der Waals surface area contributed by atoms with Crippen molar-refractivity contribution >= 4 is 27.6 Å². The Balaban J connectivity index is 1.74. The summed E-state index contributed by atoms with van der Waals surface area (Å²) in [5, 5.41) is 3.45. The smallest absolute Gasteiger partial charge is 0.0999 e. The number of hydrogen-bond donors (Lipinski definition) is 0. The molecule has 116 valence electrons. The van der Waals surface area contributed by atoms with Gasteiger partial charge in [0.15, 0.2) is 0 Å². The number of hydrogen-bond acceptors (Lipinski definition) is 2. The summed E-state index contributed by atoms with van der Waals surface area (Å²) in [6.07, 6.45) is 2.02. The van der Waals surface area contributed by atoms with Crippen LogP contribution in [0.25, 0.3) is 10.1 Å². The molecule has 0 aliphatic rings. The molecule has 2 heteroatoms. The first-order valence-corrected chi connectivity index (χ1v) is 8.89. The Morgan fingerprint density at radius 1 is 0.708 bits per heavy atom. The quantitative estimate of drug-likeness (QED) is 0.401. The lowest BCUT2D eigenvalue weighted by Gasteiger charge is -2.13. The van der Waals surface area contributed by atoms with Gasteiger partial charge in [0.2, 0.25) is 0 Å². The van der Waals surface area contributed by atoms with Gasteiger partial charge in [-0.2, -0.15) is 0 Å². The van der Waals surface area contributed by atoms with E-state index in [0.29, 0.717) is 0 Å². The molecule has 0 amide bonds. The standard InChI is InChI=1S/C22H17NS/c1-3-9-17(10-4-1)22(18-11-5-2-6-12-18)23-15-19-16-24-21-14-8-7-13-20(19)21/h1-16,22H. The zero-order valence-corrected chi connectivity index (χ0v) is 14.0. The van der Waals surface area contributed by atoms with Gasteiger partial charge in [-0.3, -0.25) is 4.99 Å². The van der Waals surface area contributed by atoms with Gasteiger partial charge in [0.1, 0.15) is 0 Å². The SMILES string of the molecule is C(=NC(c1ccccc1)c1ccccc1)c1csc2ccccc12. The third kappa shape index (κ3) is 3.01. The predicted molar refractivity (Wildman–Crippen MR) is 104 cm³/mol. The van der Waals surface area contributed by atoms with Crippen molar-refractivity contribution in [2.45, 2.75) is 6.04 Å². The summed E-state index contributed by atoms with van der Waals surface area (Å²) < 4.78 is 1.30. The second-order valence-corrected chi connectivity index (χ2v) is 6.60. The molecule has 0 atom stereocenters. The van der Waals surface area contributed by atoms with Gasteiger partial charge in [0.25, 0.3) is 0 Å². The van der Waals surface area contributed by atoms with Crippen molar-refractivity contribution < 1.29 is 0 Å². The average molecular weight is 327 g/mol. The Labute approximate surface area is 145 Å². The molecule has 0 fully saturated rings. The first-order chi connectivity index (χ1) is 11.9. The van der Waals surface area contributed by atoms with Gasteiger partial charge in [-0.25, -0.2) is 0 Å². The highest BCUT2D eigenvalue weighted by Gasteiger charge is 2.11. The highest BCUT2D eigenvalue weighted by molar-refractivity contribution is 7.17.